The predicted molar refractivity (Wildman–Crippen MR) is 122 cm³/mol. The molecule has 2 heterocycles. The van der Waals surface area contributed by atoms with Crippen molar-refractivity contribution in [1.29, 1.82) is 0 Å². The van der Waals surface area contributed by atoms with Crippen LogP contribution >= 0.6 is 35.4 Å². The van der Waals surface area contributed by atoms with E-state index in [0.29, 0.717) is 21.2 Å². The van der Waals surface area contributed by atoms with Gasteiger partial charge >= 0.3 is 5.91 Å². The Balaban J connectivity index is 1.50. The number of thiocarbonyl (C=S) groups is 1. The van der Waals surface area contributed by atoms with Crippen LogP contribution in [0.15, 0.2) is 65.3 Å². The first-order valence-corrected chi connectivity index (χ1v) is 10.5. The van der Waals surface area contributed by atoms with Crippen LogP contribution in [0.1, 0.15) is 31.3 Å². The van der Waals surface area contributed by atoms with Gasteiger partial charge in [-0.2, -0.15) is 0 Å². The summed E-state index contributed by atoms with van der Waals surface area (Å²) in [5.41, 5.74) is 0.946. The zero-order chi connectivity index (χ0) is 22.8. The van der Waals surface area contributed by atoms with Crippen LogP contribution in [0.3, 0.4) is 0 Å². The molecule has 3 amide bonds. The van der Waals surface area contributed by atoms with E-state index in [-0.39, 0.29) is 29.8 Å². The summed E-state index contributed by atoms with van der Waals surface area (Å²) in [6.45, 7) is -0.174. The number of halogens is 2. The third-order valence-electron chi connectivity index (χ3n) is 4.64. The third-order valence-corrected chi connectivity index (χ3v) is 5.38. The van der Waals surface area contributed by atoms with Crippen LogP contribution in [0.25, 0.3) is 0 Å². The highest BCUT2D eigenvalue weighted by Crippen LogP contribution is 2.28. The van der Waals surface area contributed by atoms with Gasteiger partial charge in [-0.25, -0.2) is 4.90 Å². The molecule has 162 valence electrons. The summed E-state index contributed by atoms with van der Waals surface area (Å²) in [4.78, 5) is 40.1. The number of imide groups is 1. The zero-order valence-corrected chi connectivity index (χ0v) is 18.6. The van der Waals surface area contributed by atoms with Crippen LogP contribution in [0.5, 0.6) is 0 Å². The lowest BCUT2D eigenvalue weighted by molar-refractivity contribution is 0.0627. The highest BCUT2D eigenvalue weighted by molar-refractivity contribution is 7.80. The van der Waals surface area contributed by atoms with Gasteiger partial charge in [0.2, 0.25) is 0 Å². The molecule has 0 unspecified atom stereocenters. The van der Waals surface area contributed by atoms with Gasteiger partial charge in [-0.05, 0) is 54.7 Å². The number of carbonyl (C=O) groups is 3. The molecule has 0 aliphatic carbocycles. The zero-order valence-electron chi connectivity index (χ0n) is 16.3. The van der Waals surface area contributed by atoms with Gasteiger partial charge in [-0.1, -0.05) is 35.3 Å². The molecular formula is C22H14Cl2N2O5S. The molecule has 0 atom stereocenters. The number of carbonyl (C=O) groups excluding carboxylic acids is 3. The Hall–Kier alpha value is -3.20. The second-order valence-corrected chi connectivity index (χ2v) is 7.89. The van der Waals surface area contributed by atoms with Crippen LogP contribution in [0, 0.1) is 0 Å². The first kappa shape index (κ1) is 22.0. The molecule has 1 aliphatic rings. The standard InChI is InChI=1S/C22H14Cl2N2O5S/c23-13-10-14(24)12-15(11-13)26(21(29)18-6-3-8-30-18)22(32)31-9-7-25-19(27)16-4-1-2-5-17(16)20(25)28/h1-6,8,10-12H,7,9H2. The van der Waals surface area contributed by atoms with Crippen molar-refractivity contribution < 1.29 is 23.5 Å². The van der Waals surface area contributed by atoms with E-state index in [9.17, 15) is 14.4 Å². The fraction of sp³-hybridized carbons (Fsp3) is 0.0909. The van der Waals surface area contributed by atoms with Crippen molar-refractivity contribution in [3.8, 4) is 0 Å². The number of amides is 3. The summed E-state index contributed by atoms with van der Waals surface area (Å²) in [5, 5.41) is 0.360. The van der Waals surface area contributed by atoms with E-state index in [4.69, 9.17) is 44.6 Å². The number of rotatable bonds is 5. The van der Waals surface area contributed by atoms with E-state index >= 15 is 0 Å². The number of benzene rings is 2. The van der Waals surface area contributed by atoms with Crippen molar-refractivity contribution in [1.82, 2.24) is 4.90 Å². The number of fused-ring (bicyclic) bond motifs is 1. The molecule has 0 saturated heterocycles. The number of nitrogens with zero attached hydrogens (tertiary/aromatic N) is 2. The normalized spacial score (nSPS) is 12.6. The number of furan rings is 1. The van der Waals surface area contributed by atoms with Crippen LogP contribution in [0.4, 0.5) is 5.69 Å². The Labute approximate surface area is 198 Å². The highest BCUT2D eigenvalue weighted by atomic mass is 35.5. The molecular weight excluding hydrogens is 475 g/mol. The average molecular weight is 489 g/mol. The predicted octanol–water partition coefficient (Wildman–Crippen LogP) is 4.83. The van der Waals surface area contributed by atoms with Crippen molar-refractivity contribution in [3.05, 3.63) is 87.8 Å². The lowest BCUT2D eigenvalue weighted by atomic mass is 10.1. The smallest absolute Gasteiger partial charge is 0.301 e. The number of hydrogen-bond acceptors (Lipinski definition) is 6. The molecule has 7 nitrogen and oxygen atoms in total. The second kappa shape index (κ2) is 9.12. The Bertz CT molecular complexity index is 1170. The molecule has 0 saturated carbocycles. The number of ether oxygens (including phenoxy) is 1. The quantitative estimate of drug-likeness (QED) is 0.377. The molecule has 1 aromatic heterocycles. The lowest BCUT2D eigenvalue weighted by Gasteiger charge is -2.23. The number of anilines is 1. The molecule has 0 bridgehead atoms. The summed E-state index contributed by atoms with van der Waals surface area (Å²) < 4.78 is 10.8. The van der Waals surface area contributed by atoms with Crippen LogP contribution < -0.4 is 4.90 Å². The van der Waals surface area contributed by atoms with E-state index in [1.54, 1.807) is 30.3 Å². The molecule has 10 heteroatoms. The van der Waals surface area contributed by atoms with Crippen LogP contribution in [-0.4, -0.2) is 40.9 Å². The van der Waals surface area contributed by atoms with E-state index in [1.165, 1.54) is 30.5 Å². The van der Waals surface area contributed by atoms with Crippen molar-refractivity contribution >= 4 is 64.0 Å². The van der Waals surface area contributed by atoms with Gasteiger partial charge in [0.05, 0.1) is 29.6 Å². The van der Waals surface area contributed by atoms with Gasteiger partial charge in [0, 0.05) is 10.0 Å². The van der Waals surface area contributed by atoms with Gasteiger partial charge in [0.25, 0.3) is 17.0 Å². The summed E-state index contributed by atoms with van der Waals surface area (Å²) in [6, 6.07) is 14.1. The summed E-state index contributed by atoms with van der Waals surface area (Å²) >= 11 is 17.5. The Morgan fingerprint density at radius 1 is 1.00 bits per heavy atom. The molecule has 4 rings (SSSR count). The first-order valence-electron chi connectivity index (χ1n) is 9.33. The maximum absolute atomic E-state index is 13.0. The van der Waals surface area contributed by atoms with Crippen molar-refractivity contribution in [2.24, 2.45) is 0 Å². The van der Waals surface area contributed by atoms with Gasteiger partial charge in [0.1, 0.15) is 6.61 Å². The Morgan fingerprint density at radius 3 is 2.19 bits per heavy atom. The first-order chi connectivity index (χ1) is 15.4. The van der Waals surface area contributed by atoms with Crippen molar-refractivity contribution in [2.45, 2.75) is 0 Å². The van der Waals surface area contributed by atoms with E-state index < -0.39 is 17.7 Å². The molecule has 0 spiro atoms. The van der Waals surface area contributed by atoms with Gasteiger partial charge in [0.15, 0.2) is 5.76 Å². The maximum atomic E-state index is 13.0. The summed E-state index contributed by atoms with van der Waals surface area (Å²) in [5.74, 6) is -1.40. The molecule has 32 heavy (non-hydrogen) atoms. The fourth-order valence-corrected chi connectivity index (χ4v) is 4.00. The SMILES string of the molecule is O=C1c2ccccc2C(=O)N1CCOC(=S)N(C(=O)c1ccco1)c1cc(Cl)cc(Cl)c1. The van der Waals surface area contributed by atoms with E-state index in [0.717, 1.165) is 9.80 Å². The molecule has 0 N–H and O–H groups in total. The van der Waals surface area contributed by atoms with Gasteiger partial charge in [-0.3, -0.25) is 19.3 Å². The average Bonchev–Trinajstić information content (AvgIpc) is 3.37. The fourth-order valence-electron chi connectivity index (χ4n) is 3.22. The monoisotopic (exact) mass is 488 g/mol. The van der Waals surface area contributed by atoms with E-state index in [2.05, 4.69) is 0 Å². The number of hydrogen-bond donors (Lipinski definition) is 0. The largest absolute Gasteiger partial charge is 0.468 e. The van der Waals surface area contributed by atoms with Gasteiger partial charge < -0.3 is 9.15 Å². The van der Waals surface area contributed by atoms with Crippen LogP contribution in [0.2, 0.25) is 10.0 Å². The minimum Gasteiger partial charge on any atom is -0.468 e. The molecule has 3 aromatic rings. The van der Waals surface area contributed by atoms with E-state index in [1.807, 2.05) is 0 Å². The molecule has 0 fully saturated rings. The molecule has 1 aliphatic heterocycles. The highest BCUT2D eigenvalue weighted by Gasteiger charge is 2.35. The third kappa shape index (κ3) is 4.25. The van der Waals surface area contributed by atoms with Crippen molar-refractivity contribution in [2.75, 3.05) is 18.1 Å². The van der Waals surface area contributed by atoms with Crippen molar-refractivity contribution in [3.63, 3.8) is 0 Å². The summed E-state index contributed by atoms with van der Waals surface area (Å²) in [6.07, 6.45) is 1.35. The topological polar surface area (TPSA) is 80.1 Å². The Morgan fingerprint density at radius 2 is 1.62 bits per heavy atom. The van der Waals surface area contributed by atoms with Gasteiger partial charge in [-0.15, -0.1) is 0 Å². The summed E-state index contributed by atoms with van der Waals surface area (Å²) in [7, 11) is 0. The maximum Gasteiger partial charge on any atom is 0.301 e. The minimum atomic E-state index is -0.598. The second-order valence-electron chi connectivity index (χ2n) is 6.67. The Kier molecular flexibility index (Phi) is 6.27. The molecule has 2 aromatic carbocycles. The lowest BCUT2D eigenvalue weighted by Crippen LogP contribution is -2.39. The van der Waals surface area contributed by atoms with Crippen LogP contribution in [-0.2, 0) is 4.74 Å². The molecule has 0 radical (unpaired) electrons. The minimum absolute atomic E-state index is 0.0207.